The minimum Gasteiger partial charge on any atom is -0.487 e. The van der Waals surface area contributed by atoms with Gasteiger partial charge in [-0.3, -0.25) is 4.98 Å². The summed E-state index contributed by atoms with van der Waals surface area (Å²) in [5.74, 6) is 0.969. The molecule has 1 N–H and O–H groups in total. The Morgan fingerprint density at radius 3 is 2.39 bits per heavy atom. The first-order valence-electron chi connectivity index (χ1n) is 12.1. The van der Waals surface area contributed by atoms with E-state index in [-0.39, 0.29) is 28.5 Å². The number of imidazole rings is 1. The largest absolute Gasteiger partial charge is 0.573 e. The highest BCUT2D eigenvalue weighted by Gasteiger charge is 2.62. The molecule has 5 rings (SSSR count). The van der Waals surface area contributed by atoms with Crippen LogP contribution in [0.3, 0.4) is 0 Å². The molecule has 0 aliphatic heterocycles. The average Bonchev–Trinajstić information content (AvgIpc) is 3.26. The van der Waals surface area contributed by atoms with Crippen molar-refractivity contribution in [3.8, 4) is 11.5 Å². The Balaban J connectivity index is 1.49. The first-order valence-corrected chi connectivity index (χ1v) is 12.6. The van der Waals surface area contributed by atoms with Crippen LogP contribution in [0.1, 0.15) is 42.4 Å². The first-order chi connectivity index (χ1) is 17.9. The van der Waals surface area contributed by atoms with Gasteiger partial charge in [-0.15, -0.1) is 13.2 Å². The van der Waals surface area contributed by atoms with Crippen molar-refractivity contribution in [3.05, 3.63) is 83.4 Å². The standard InChI is InChI=1S/C28H27F3N3O3P/c1-16-4-7-18(32-13-16)15-36-20-10-11-21-22(12-20)34(25(33-21)23-24(26(35)38)27(23,2)3)14-17-5-8-19(9-6-17)37-28(29,30)31/h4-13,23-24,35,38H,14-15H2,1-3H3/t23-,24+/m0/s1. The summed E-state index contributed by atoms with van der Waals surface area (Å²) in [5.41, 5.74) is 4.16. The molecular formula is C28H27F3N3O3P. The number of rotatable bonds is 8. The average molecular weight is 542 g/mol. The van der Waals surface area contributed by atoms with E-state index < -0.39 is 6.36 Å². The maximum absolute atomic E-state index is 12.6. The van der Waals surface area contributed by atoms with Crippen LogP contribution >= 0.6 is 8.86 Å². The number of aromatic nitrogens is 3. The van der Waals surface area contributed by atoms with Gasteiger partial charge < -0.3 is 19.1 Å². The molecule has 0 saturated heterocycles. The minimum atomic E-state index is -4.75. The molecule has 2 aromatic heterocycles. The zero-order chi connectivity index (χ0) is 27.2. The summed E-state index contributed by atoms with van der Waals surface area (Å²) in [7, 11) is 3.30. The molecular weight excluding hydrogens is 514 g/mol. The fraction of sp³-hybridized carbons (Fsp3) is 0.321. The molecule has 2 aromatic carbocycles. The predicted molar refractivity (Wildman–Crippen MR) is 141 cm³/mol. The van der Waals surface area contributed by atoms with Gasteiger partial charge >= 0.3 is 6.36 Å². The molecule has 0 amide bonds. The van der Waals surface area contributed by atoms with Gasteiger partial charge in [-0.2, -0.15) is 0 Å². The number of hydrogen-bond acceptors (Lipinski definition) is 4. The van der Waals surface area contributed by atoms with E-state index in [1.165, 1.54) is 12.1 Å². The summed E-state index contributed by atoms with van der Waals surface area (Å²) in [5, 5.41) is 10.2. The molecule has 0 radical (unpaired) electrons. The molecule has 10 heteroatoms. The number of halogens is 3. The highest BCUT2D eigenvalue weighted by atomic mass is 31.0. The van der Waals surface area contributed by atoms with E-state index in [4.69, 9.17) is 9.72 Å². The van der Waals surface area contributed by atoms with Crippen molar-refractivity contribution < 1.29 is 27.8 Å². The second-order valence-corrected chi connectivity index (χ2v) is 10.7. The van der Waals surface area contributed by atoms with Crippen LogP contribution in [-0.4, -0.2) is 31.5 Å². The Morgan fingerprint density at radius 2 is 1.79 bits per heavy atom. The summed E-state index contributed by atoms with van der Waals surface area (Å²) in [6.07, 6.45) is -2.96. The van der Waals surface area contributed by atoms with Crippen molar-refractivity contribution in [3.63, 3.8) is 0 Å². The Bertz CT molecular complexity index is 1480. The molecule has 0 bridgehead atoms. The smallest absolute Gasteiger partial charge is 0.487 e. The molecule has 1 aliphatic carbocycles. The molecule has 0 unspecified atom stereocenters. The zero-order valence-electron chi connectivity index (χ0n) is 21.1. The van der Waals surface area contributed by atoms with Gasteiger partial charge in [0.1, 0.15) is 23.9 Å². The number of aliphatic hydroxyl groups is 1. The topological polar surface area (TPSA) is 69.4 Å². The number of fused-ring (bicyclic) bond motifs is 1. The van der Waals surface area contributed by atoms with Crippen LogP contribution in [0.5, 0.6) is 11.5 Å². The first kappa shape index (κ1) is 26.2. The van der Waals surface area contributed by atoms with Crippen molar-refractivity contribution in [1.29, 1.82) is 0 Å². The molecule has 0 spiro atoms. The maximum atomic E-state index is 12.6. The second-order valence-electron chi connectivity index (χ2n) is 10.2. The van der Waals surface area contributed by atoms with Crippen molar-refractivity contribution >= 4 is 25.4 Å². The quantitative estimate of drug-likeness (QED) is 0.253. The second kappa shape index (κ2) is 9.71. The van der Waals surface area contributed by atoms with Crippen molar-refractivity contribution in [2.75, 3.05) is 0 Å². The minimum absolute atomic E-state index is 0.0543. The molecule has 1 fully saturated rings. The van der Waals surface area contributed by atoms with E-state index in [0.717, 1.165) is 33.7 Å². The Labute approximate surface area is 220 Å². The Hall–Kier alpha value is -3.42. The van der Waals surface area contributed by atoms with E-state index in [9.17, 15) is 18.3 Å². The number of aliphatic hydroxyl groups excluding tert-OH is 1. The monoisotopic (exact) mass is 541 g/mol. The number of pyridine rings is 1. The normalized spacial score (nSPS) is 18.4. The van der Waals surface area contributed by atoms with Gasteiger partial charge in [0, 0.05) is 30.6 Å². The molecule has 1 saturated carbocycles. The van der Waals surface area contributed by atoms with Crippen LogP contribution in [0.15, 0.2) is 60.8 Å². The van der Waals surface area contributed by atoms with Crippen LogP contribution in [0, 0.1) is 18.3 Å². The third-order valence-corrected chi connectivity index (χ3v) is 7.32. The van der Waals surface area contributed by atoms with Gasteiger partial charge in [-0.25, -0.2) is 4.98 Å². The number of benzene rings is 2. The summed E-state index contributed by atoms with van der Waals surface area (Å²) in [6, 6.07) is 15.3. The van der Waals surface area contributed by atoms with Gasteiger partial charge in [-0.05, 0) is 53.8 Å². The van der Waals surface area contributed by atoms with Crippen LogP contribution in [0.2, 0.25) is 0 Å². The van der Waals surface area contributed by atoms with E-state index >= 15 is 0 Å². The van der Waals surface area contributed by atoms with Gasteiger partial charge in [0.15, 0.2) is 0 Å². The number of nitrogens with zero attached hydrogens (tertiary/aromatic N) is 3. The fourth-order valence-corrected chi connectivity index (χ4v) is 5.50. The van der Waals surface area contributed by atoms with E-state index in [1.807, 2.05) is 41.8 Å². The van der Waals surface area contributed by atoms with Crippen LogP contribution in [0.25, 0.3) is 11.0 Å². The third kappa shape index (κ3) is 5.40. The Kier molecular flexibility index (Phi) is 6.70. The van der Waals surface area contributed by atoms with Crippen molar-refractivity contribution in [2.45, 2.75) is 46.2 Å². The SMILES string of the molecule is Cc1ccc(COc2ccc3nc([C@@H]4[C@H](C(O)=P)C4(C)C)n(Cc4ccc(OC(F)(F)F)cc4)c3c2)nc1. The zero-order valence-corrected chi connectivity index (χ0v) is 22.1. The van der Waals surface area contributed by atoms with Crippen LogP contribution in [-0.2, 0) is 13.2 Å². The lowest BCUT2D eigenvalue weighted by atomic mass is 10.1. The molecule has 2 heterocycles. The Morgan fingerprint density at radius 1 is 1.08 bits per heavy atom. The lowest BCUT2D eigenvalue weighted by molar-refractivity contribution is -0.274. The number of hydrogen-bond donors (Lipinski definition) is 1. The highest BCUT2D eigenvalue weighted by Crippen LogP contribution is 2.64. The van der Waals surface area contributed by atoms with Crippen molar-refractivity contribution in [1.82, 2.24) is 14.5 Å². The summed E-state index contributed by atoms with van der Waals surface area (Å²) in [4.78, 5) is 9.29. The van der Waals surface area contributed by atoms with Crippen LogP contribution < -0.4 is 9.47 Å². The predicted octanol–water partition coefficient (Wildman–Crippen LogP) is 6.65. The van der Waals surface area contributed by atoms with Crippen LogP contribution in [0.4, 0.5) is 13.2 Å². The highest BCUT2D eigenvalue weighted by molar-refractivity contribution is 7.20. The van der Waals surface area contributed by atoms with Gasteiger partial charge in [0.05, 0.1) is 22.2 Å². The molecule has 1 aliphatic rings. The lowest BCUT2D eigenvalue weighted by Crippen LogP contribution is -2.17. The lowest BCUT2D eigenvalue weighted by Gasteiger charge is -2.13. The summed E-state index contributed by atoms with van der Waals surface area (Å²) >= 11 is 0. The molecule has 2 atom stereocenters. The number of aryl methyl sites for hydroxylation is 1. The molecule has 38 heavy (non-hydrogen) atoms. The number of ether oxygens (including phenoxy) is 2. The van der Waals surface area contributed by atoms with E-state index in [1.54, 1.807) is 18.3 Å². The van der Waals surface area contributed by atoms with E-state index in [0.29, 0.717) is 18.9 Å². The molecule has 4 aromatic rings. The van der Waals surface area contributed by atoms with Gasteiger partial charge in [0.2, 0.25) is 0 Å². The van der Waals surface area contributed by atoms with Gasteiger partial charge in [-0.1, -0.05) is 40.9 Å². The molecule has 198 valence electrons. The van der Waals surface area contributed by atoms with E-state index in [2.05, 4.69) is 32.4 Å². The number of alkyl halides is 3. The van der Waals surface area contributed by atoms with Gasteiger partial charge in [0.25, 0.3) is 0 Å². The summed E-state index contributed by atoms with van der Waals surface area (Å²) < 4.78 is 49.8. The third-order valence-electron chi connectivity index (χ3n) is 7.01. The fourth-order valence-electron chi connectivity index (χ4n) is 4.96. The summed E-state index contributed by atoms with van der Waals surface area (Å²) in [6.45, 7) is 6.77. The van der Waals surface area contributed by atoms with Crippen molar-refractivity contribution in [2.24, 2.45) is 11.3 Å². The molecule has 6 nitrogen and oxygen atoms in total. The maximum Gasteiger partial charge on any atom is 0.573 e.